The van der Waals surface area contributed by atoms with Crippen LogP contribution in [-0.2, 0) is 40.0 Å². The SMILES string of the molecule is COC(=O)[C@@H]1[C@H](NC(=O)CNC(=O)OC(C)(C)C)[C@H]1C(=O)NCC(=O)OCc1ccccc1. The van der Waals surface area contributed by atoms with Gasteiger partial charge in [0.15, 0.2) is 0 Å². The van der Waals surface area contributed by atoms with E-state index in [0.29, 0.717) is 0 Å². The van der Waals surface area contributed by atoms with Crippen molar-refractivity contribution in [2.24, 2.45) is 11.8 Å². The molecule has 0 unspecified atom stereocenters. The molecule has 3 N–H and O–H groups in total. The van der Waals surface area contributed by atoms with E-state index >= 15 is 0 Å². The van der Waals surface area contributed by atoms with Crippen LogP contribution in [0.15, 0.2) is 30.3 Å². The molecule has 1 aromatic carbocycles. The third-order valence-electron chi connectivity index (χ3n) is 4.57. The van der Waals surface area contributed by atoms with Crippen LogP contribution < -0.4 is 16.0 Å². The van der Waals surface area contributed by atoms with Crippen molar-refractivity contribution in [3.8, 4) is 0 Å². The number of hydrogen-bond donors (Lipinski definition) is 3. The molecule has 1 aliphatic carbocycles. The van der Waals surface area contributed by atoms with Crippen molar-refractivity contribution >= 4 is 29.8 Å². The Bertz CT molecular complexity index is 881. The summed E-state index contributed by atoms with van der Waals surface area (Å²) >= 11 is 0. The molecule has 3 amide bonds. The second-order valence-electron chi connectivity index (χ2n) is 8.39. The third kappa shape index (κ3) is 8.43. The highest BCUT2D eigenvalue weighted by Crippen LogP contribution is 2.40. The minimum Gasteiger partial charge on any atom is -0.469 e. The average Bonchev–Trinajstić information content (AvgIpc) is 3.47. The van der Waals surface area contributed by atoms with E-state index in [4.69, 9.17) is 9.47 Å². The van der Waals surface area contributed by atoms with Crippen LogP contribution in [0, 0.1) is 11.8 Å². The Morgan fingerprint density at radius 1 is 0.939 bits per heavy atom. The van der Waals surface area contributed by atoms with Gasteiger partial charge in [0.2, 0.25) is 11.8 Å². The van der Waals surface area contributed by atoms with Crippen molar-refractivity contribution in [1.29, 1.82) is 0 Å². The average molecular weight is 463 g/mol. The molecule has 1 aromatic rings. The van der Waals surface area contributed by atoms with Crippen molar-refractivity contribution in [2.75, 3.05) is 20.2 Å². The molecule has 0 heterocycles. The lowest BCUT2D eigenvalue weighted by Gasteiger charge is -2.19. The minimum absolute atomic E-state index is 0.0626. The number of carbonyl (C=O) groups is 5. The van der Waals surface area contributed by atoms with E-state index in [9.17, 15) is 24.0 Å². The highest BCUT2D eigenvalue weighted by molar-refractivity contribution is 5.95. The van der Waals surface area contributed by atoms with E-state index in [0.717, 1.165) is 5.56 Å². The van der Waals surface area contributed by atoms with Crippen LogP contribution >= 0.6 is 0 Å². The molecule has 2 rings (SSSR count). The Morgan fingerprint density at radius 2 is 1.61 bits per heavy atom. The van der Waals surface area contributed by atoms with Gasteiger partial charge in [0.05, 0.1) is 25.0 Å². The van der Waals surface area contributed by atoms with Crippen LogP contribution in [0.2, 0.25) is 0 Å². The van der Waals surface area contributed by atoms with E-state index < -0.39 is 66.4 Å². The van der Waals surface area contributed by atoms with Crippen LogP contribution in [0.5, 0.6) is 0 Å². The second kappa shape index (κ2) is 11.3. The summed E-state index contributed by atoms with van der Waals surface area (Å²) in [5, 5.41) is 7.21. The Morgan fingerprint density at radius 3 is 2.21 bits per heavy atom. The molecule has 0 saturated heterocycles. The van der Waals surface area contributed by atoms with Crippen molar-refractivity contribution in [2.45, 2.75) is 39.0 Å². The van der Waals surface area contributed by atoms with E-state index in [1.165, 1.54) is 7.11 Å². The fourth-order valence-electron chi connectivity index (χ4n) is 3.02. The number of nitrogens with one attached hydrogen (secondary N) is 3. The number of ether oxygens (including phenoxy) is 3. The highest BCUT2D eigenvalue weighted by atomic mass is 16.6. The molecule has 11 nitrogen and oxygen atoms in total. The molecule has 1 saturated carbocycles. The molecule has 1 fully saturated rings. The van der Waals surface area contributed by atoms with E-state index in [1.807, 2.05) is 18.2 Å². The van der Waals surface area contributed by atoms with Gasteiger partial charge >= 0.3 is 18.0 Å². The molecule has 1 aliphatic rings. The van der Waals surface area contributed by atoms with Crippen molar-refractivity contribution in [3.05, 3.63) is 35.9 Å². The van der Waals surface area contributed by atoms with Crippen molar-refractivity contribution < 1.29 is 38.2 Å². The number of rotatable bonds is 9. The summed E-state index contributed by atoms with van der Waals surface area (Å²) in [6.07, 6.45) is -0.777. The lowest BCUT2D eigenvalue weighted by Crippen LogP contribution is -2.41. The number of esters is 2. The third-order valence-corrected chi connectivity index (χ3v) is 4.57. The minimum atomic E-state index is -0.912. The number of hydrogen-bond acceptors (Lipinski definition) is 8. The topological polar surface area (TPSA) is 149 Å². The summed E-state index contributed by atoms with van der Waals surface area (Å²) in [6.45, 7) is 4.30. The lowest BCUT2D eigenvalue weighted by atomic mass is 10.2. The van der Waals surface area contributed by atoms with Crippen molar-refractivity contribution in [1.82, 2.24) is 16.0 Å². The molecular weight excluding hydrogens is 434 g/mol. The summed E-state index contributed by atoms with van der Waals surface area (Å²) in [7, 11) is 1.17. The van der Waals surface area contributed by atoms with Gasteiger partial charge in [-0.05, 0) is 26.3 Å². The fourth-order valence-corrected chi connectivity index (χ4v) is 3.02. The zero-order valence-corrected chi connectivity index (χ0v) is 19.0. The first-order valence-electron chi connectivity index (χ1n) is 10.3. The van der Waals surface area contributed by atoms with Crippen LogP contribution in [0.1, 0.15) is 26.3 Å². The zero-order chi connectivity index (χ0) is 24.6. The number of alkyl carbamates (subject to hydrolysis) is 1. The number of benzene rings is 1. The second-order valence-corrected chi connectivity index (χ2v) is 8.39. The Kier molecular flexibility index (Phi) is 8.78. The molecule has 0 aliphatic heterocycles. The smallest absolute Gasteiger partial charge is 0.408 e. The Hall–Kier alpha value is -3.63. The maximum Gasteiger partial charge on any atom is 0.408 e. The van der Waals surface area contributed by atoms with Crippen molar-refractivity contribution in [3.63, 3.8) is 0 Å². The van der Waals surface area contributed by atoms with E-state index in [2.05, 4.69) is 20.7 Å². The fraction of sp³-hybridized carbons (Fsp3) is 0.500. The number of amides is 3. The Labute approximate surface area is 191 Å². The van der Waals surface area contributed by atoms with Gasteiger partial charge < -0.3 is 30.2 Å². The summed E-state index contributed by atoms with van der Waals surface area (Å²) in [6, 6.07) is 8.21. The van der Waals surface area contributed by atoms with Crippen LogP contribution in [-0.4, -0.2) is 61.7 Å². The monoisotopic (exact) mass is 463 g/mol. The molecule has 0 spiro atoms. The number of carbonyl (C=O) groups excluding carboxylic acids is 5. The van der Waals surface area contributed by atoms with Crippen LogP contribution in [0.3, 0.4) is 0 Å². The van der Waals surface area contributed by atoms with Gasteiger partial charge in [0, 0.05) is 0 Å². The maximum atomic E-state index is 12.5. The standard InChI is InChI=1S/C22H29N3O8/c1-22(2,3)33-21(30)24-10-14(26)25-18-16(17(18)20(29)31-4)19(28)23-11-15(27)32-12-13-8-6-5-7-9-13/h5-9,16-18H,10-12H2,1-4H3,(H,23,28)(H,24,30)(H,25,26)/t16-,17-,18+/m0/s1. The van der Waals surface area contributed by atoms with Crippen LogP contribution in [0.25, 0.3) is 0 Å². The maximum absolute atomic E-state index is 12.5. The normalized spacial score (nSPS) is 19.0. The zero-order valence-electron chi connectivity index (χ0n) is 19.0. The van der Waals surface area contributed by atoms with Gasteiger partial charge in [0.25, 0.3) is 0 Å². The van der Waals surface area contributed by atoms with E-state index in [1.54, 1.807) is 32.9 Å². The lowest BCUT2D eigenvalue weighted by molar-refractivity contribution is -0.145. The summed E-state index contributed by atoms with van der Waals surface area (Å²) in [4.78, 5) is 60.1. The highest BCUT2D eigenvalue weighted by Gasteiger charge is 2.60. The summed E-state index contributed by atoms with van der Waals surface area (Å²) in [5.74, 6) is -4.35. The van der Waals surface area contributed by atoms with Gasteiger partial charge in [-0.15, -0.1) is 0 Å². The largest absolute Gasteiger partial charge is 0.469 e. The van der Waals surface area contributed by atoms with Gasteiger partial charge in [-0.25, -0.2) is 4.79 Å². The van der Waals surface area contributed by atoms with Crippen LogP contribution in [0.4, 0.5) is 4.79 Å². The predicted octanol–water partition coefficient (Wildman–Crippen LogP) is 0.275. The molecule has 0 bridgehead atoms. The molecule has 180 valence electrons. The summed E-state index contributed by atoms with van der Waals surface area (Å²) < 4.78 is 14.8. The summed E-state index contributed by atoms with van der Waals surface area (Å²) in [5.41, 5.74) is 0.0752. The molecular formula is C22H29N3O8. The Balaban J connectivity index is 1.80. The molecule has 3 atom stereocenters. The molecule has 0 aromatic heterocycles. The first-order chi connectivity index (χ1) is 15.5. The molecule has 11 heteroatoms. The predicted molar refractivity (Wildman–Crippen MR) is 114 cm³/mol. The van der Waals surface area contributed by atoms with Gasteiger partial charge in [-0.3, -0.25) is 19.2 Å². The first kappa shape index (κ1) is 25.6. The molecule has 33 heavy (non-hydrogen) atoms. The first-order valence-corrected chi connectivity index (χ1v) is 10.3. The van der Waals surface area contributed by atoms with Gasteiger partial charge in [-0.2, -0.15) is 0 Å². The number of methoxy groups -OCH3 is 1. The molecule has 0 radical (unpaired) electrons. The van der Waals surface area contributed by atoms with Gasteiger partial charge in [-0.1, -0.05) is 30.3 Å². The van der Waals surface area contributed by atoms with E-state index in [-0.39, 0.29) is 6.61 Å². The van der Waals surface area contributed by atoms with Gasteiger partial charge in [0.1, 0.15) is 25.3 Å². The quantitative estimate of drug-likeness (QED) is 0.349.